The number of benzene rings is 2. The van der Waals surface area contributed by atoms with Gasteiger partial charge in [0, 0.05) is 29.9 Å². The van der Waals surface area contributed by atoms with Crippen LogP contribution in [0.5, 0.6) is 0 Å². The van der Waals surface area contributed by atoms with Crippen molar-refractivity contribution in [3.05, 3.63) is 53.6 Å². The molecule has 0 radical (unpaired) electrons. The maximum absolute atomic E-state index is 13.2. The highest BCUT2D eigenvalue weighted by Gasteiger charge is 2.31. The van der Waals surface area contributed by atoms with Gasteiger partial charge in [0.1, 0.15) is 0 Å². The number of aliphatic hydroxyl groups is 1. The molecule has 1 aliphatic rings. The van der Waals surface area contributed by atoms with Gasteiger partial charge in [-0.25, -0.2) is 9.78 Å². The number of nitrogens with one attached hydrogen (secondary N) is 3. The Labute approximate surface area is 212 Å². The first-order chi connectivity index (χ1) is 17.5. The first-order valence-electron chi connectivity index (χ1n) is 12.2. The van der Waals surface area contributed by atoms with Gasteiger partial charge in [-0.15, -0.1) is 0 Å². The summed E-state index contributed by atoms with van der Waals surface area (Å²) in [6, 6.07) is 9.02. The molecule has 37 heavy (non-hydrogen) atoms. The molecular formula is C26H30F3N5O3. The zero-order chi connectivity index (χ0) is 26.7. The van der Waals surface area contributed by atoms with Crippen LogP contribution in [-0.4, -0.2) is 39.2 Å². The molecule has 0 spiro atoms. The maximum Gasteiger partial charge on any atom is 0.416 e. The van der Waals surface area contributed by atoms with Crippen molar-refractivity contribution in [3.63, 3.8) is 0 Å². The van der Waals surface area contributed by atoms with Gasteiger partial charge < -0.3 is 20.3 Å². The Morgan fingerprint density at radius 2 is 1.81 bits per heavy atom. The Hall–Kier alpha value is -3.60. The summed E-state index contributed by atoms with van der Waals surface area (Å²) in [6.07, 6.45) is -1.46. The number of hydrogen-bond acceptors (Lipinski definition) is 4. The van der Waals surface area contributed by atoms with E-state index in [2.05, 4.69) is 20.9 Å². The van der Waals surface area contributed by atoms with E-state index in [1.54, 1.807) is 18.2 Å². The number of urea groups is 1. The average molecular weight is 518 g/mol. The minimum atomic E-state index is -4.57. The van der Waals surface area contributed by atoms with Crippen molar-refractivity contribution < 1.29 is 27.9 Å². The summed E-state index contributed by atoms with van der Waals surface area (Å²) in [4.78, 5) is 29.7. The van der Waals surface area contributed by atoms with Crippen LogP contribution in [0.2, 0.25) is 0 Å². The van der Waals surface area contributed by atoms with Gasteiger partial charge in [-0.2, -0.15) is 13.2 Å². The van der Waals surface area contributed by atoms with Gasteiger partial charge in [0.25, 0.3) is 5.91 Å². The number of carbonyl (C=O) groups is 2. The van der Waals surface area contributed by atoms with Crippen molar-refractivity contribution >= 4 is 34.6 Å². The van der Waals surface area contributed by atoms with Crippen LogP contribution in [0.3, 0.4) is 0 Å². The number of nitrogens with zero attached hydrogens (tertiary/aromatic N) is 2. The molecule has 198 valence electrons. The number of rotatable bonds is 6. The van der Waals surface area contributed by atoms with Crippen LogP contribution < -0.4 is 16.0 Å². The van der Waals surface area contributed by atoms with Crippen LogP contribution in [0, 0.1) is 5.92 Å². The number of imidazole rings is 1. The van der Waals surface area contributed by atoms with Crippen LogP contribution >= 0.6 is 0 Å². The van der Waals surface area contributed by atoms with E-state index in [9.17, 15) is 27.9 Å². The van der Waals surface area contributed by atoms with E-state index < -0.39 is 17.6 Å². The maximum atomic E-state index is 13.2. The lowest BCUT2D eigenvalue weighted by molar-refractivity contribution is -0.137. The Kier molecular flexibility index (Phi) is 7.72. The number of hydrogen-bond donors (Lipinski definition) is 4. The Balaban J connectivity index is 1.67. The van der Waals surface area contributed by atoms with E-state index in [1.807, 2.05) is 18.4 Å². The number of amides is 3. The zero-order valence-electron chi connectivity index (χ0n) is 20.6. The average Bonchev–Trinajstić information content (AvgIpc) is 3.20. The van der Waals surface area contributed by atoms with Crippen molar-refractivity contribution in [2.45, 2.75) is 57.8 Å². The first kappa shape index (κ1) is 26.5. The van der Waals surface area contributed by atoms with E-state index in [0.717, 1.165) is 43.3 Å². The molecule has 1 aliphatic carbocycles. The third-order valence-corrected chi connectivity index (χ3v) is 6.48. The van der Waals surface area contributed by atoms with Gasteiger partial charge in [0.2, 0.25) is 5.95 Å². The van der Waals surface area contributed by atoms with Gasteiger partial charge in [-0.3, -0.25) is 10.1 Å². The SMILES string of the molecule is CC(C)NC(=O)Nc1ccc2c(c1)nc(NC(=O)c1cccc(C(F)(F)F)c1)n2[C@H]1CC[C@@H](CO)CC1. The molecule has 4 N–H and O–H groups in total. The van der Waals surface area contributed by atoms with Crippen molar-refractivity contribution in [1.82, 2.24) is 14.9 Å². The van der Waals surface area contributed by atoms with Gasteiger partial charge in [0.15, 0.2) is 0 Å². The Morgan fingerprint density at radius 1 is 1.08 bits per heavy atom. The van der Waals surface area contributed by atoms with Crippen molar-refractivity contribution in [2.75, 3.05) is 17.2 Å². The summed E-state index contributed by atoms with van der Waals surface area (Å²) in [5, 5.41) is 17.7. The smallest absolute Gasteiger partial charge is 0.396 e. The molecule has 8 nitrogen and oxygen atoms in total. The number of fused-ring (bicyclic) bond motifs is 1. The highest BCUT2D eigenvalue weighted by Crippen LogP contribution is 2.37. The third-order valence-electron chi connectivity index (χ3n) is 6.48. The standard InChI is InChI=1S/C26H30F3N5O3/c1-15(2)30-25(37)31-19-8-11-22-21(13-19)32-24(34(22)20-9-6-16(14-35)7-10-20)33-23(36)17-4-3-5-18(12-17)26(27,28)29/h3-5,8,11-13,15-16,20,35H,6-7,9-10,14H2,1-2H3,(H2,30,31,37)(H,32,33,36)/t16-,20+. The molecule has 3 amide bonds. The van der Waals surface area contributed by atoms with E-state index in [0.29, 0.717) is 11.2 Å². The lowest BCUT2D eigenvalue weighted by Gasteiger charge is -2.29. The molecule has 1 heterocycles. The second-order valence-electron chi connectivity index (χ2n) is 9.65. The summed E-state index contributed by atoms with van der Waals surface area (Å²) in [6.45, 7) is 3.80. The first-order valence-corrected chi connectivity index (χ1v) is 12.2. The number of aromatic nitrogens is 2. The number of carbonyl (C=O) groups excluding carboxylic acids is 2. The monoisotopic (exact) mass is 517 g/mol. The summed E-state index contributed by atoms with van der Waals surface area (Å²) in [5.41, 5.74) is 0.708. The third kappa shape index (κ3) is 6.22. The highest BCUT2D eigenvalue weighted by molar-refractivity contribution is 6.04. The molecule has 0 bridgehead atoms. The molecule has 2 aromatic carbocycles. The fraction of sp³-hybridized carbons (Fsp3) is 0.423. The van der Waals surface area contributed by atoms with Crippen LogP contribution in [-0.2, 0) is 6.18 Å². The van der Waals surface area contributed by atoms with Crippen molar-refractivity contribution in [2.24, 2.45) is 5.92 Å². The Morgan fingerprint density at radius 3 is 2.46 bits per heavy atom. The molecular weight excluding hydrogens is 487 g/mol. The lowest BCUT2D eigenvalue weighted by Crippen LogP contribution is -2.34. The Bertz CT molecular complexity index is 1280. The lowest BCUT2D eigenvalue weighted by atomic mass is 9.86. The number of anilines is 2. The van der Waals surface area contributed by atoms with Gasteiger partial charge in [-0.1, -0.05) is 6.07 Å². The summed E-state index contributed by atoms with van der Waals surface area (Å²) in [5.74, 6) is -0.278. The van der Waals surface area contributed by atoms with E-state index in [-0.39, 0.29) is 42.2 Å². The van der Waals surface area contributed by atoms with E-state index in [1.165, 1.54) is 12.1 Å². The van der Waals surface area contributed by atoms with E-state index in [4.69, 9.17) is 0 Å². The van der Waals surface area contributed by atoms with Gasteiger partial charge in [0.05, 0.1) is 16.6 Å². The quantitative estimate of drug-likeness (QED) is 0.343. The molecule has 1 aromatic heterocycles. The largest absolute Gasteiger partial charge is 0.416 e. The van der Waals surface area contributed by atoms with Crippen LogP contribution in [0.1, 0.15) is 61.5 Å². The van der Waals surface area contributed by atoms with Crippen LogP contribution in [0.15, 0.2) is 42.5 Å². The molecule has 4 rings (SSSR count). The van der Waals surface area contributed by atoms with Gasteiger partial charge in [-0.05, 0) is 81.8 Å². The zero-order valence-corrected chi connectivity index (χ0v) is 20.6. The predicted octanol–water partition coefficient (Wildman–Crippen LogP) is 5.56. The second-order valence-corrected chi connectivity index (χ2v) is 9.65. The predicted molar refractivity (Wildman–Crippen MR) is 135 cm³/mol. The molecule has 11 heteroatoms. The fourth-order valence-electron chi connectivity index (χ4n) is 4.66. The highest BCUT2D eigenvalue weighted by atomic mass is 19.4. The molecule has 0 aliphatic heterocycles. The van der Waals surface area contributed by atoms with Crippen LogP contribution in [0.25, 0.3) is 11.0 Å². The molecule has 0 unspecified atom stereocenters. The molecule has 3 aromatic rings. The number of alkyl halides is 3. The molecule has 1 saturated carbocycles. The number of aliphatic hydroxyl groups excluding tert-OH is 1. The molecule has 0 saturated heterocycles. The topological polar surface area (TPSA) is 108 Å². The summed E-state index contributed by atoms with van der Waals surface area (Å²) in [7, 11) is 0. The van der Waals surface area contributed by atoms with Crippen molar-refractivity contribution in [1.29, 1.82) is 0 Å². The number of halogens is 3. The molecule has 1 fully saturated rings. The fourth-order valence-corrected chi connectivity index (χ4v) is 4.66. The van der Waals surface area contributed by atoms with Crippen molar-refractivity contribution in [3.8, 4) is 0 Å². The van der Waals surface area contributed by atoms with E-state index >= 15 is 0 Å². The minimum Gasteiger partial charge on any atom is -0.396 e. The van der Waals surface area contributed by atoms with Crippen LogP contribution in [0.4, 0.5) is 29.6 Å². The molecule has 0 atom stereocenters. The summed E-state index contributed by atoms with van der Waals surface area (Å²) < 4.78 is 41.4. The minimum absolute atomic E-state index is 0.0207. The normalized spacial score (nSPS) is 18.1. The summed E-state index contributed by atoms with van der Waals surface area (Å²) >= 11 is 0. The van der Waals surface area contributed by atoms with Gasteiger partial charge >= 0.3 is 12.2 Å². The second kappa shape index (κ2) is 10.8.